The molecule has 1 unspecified atom stereocenters. The van der Waals surface area contributed by atoms with Gasteiger partial charge in [-0.1, -0.05) is 12.1 Å². The van der Waals surface area contributed by atoms with Crippen LogP contribution in [0.5, 0.6) is 0 Å². The number of nitrogens with zero attached hydrogens (tertiary/aromatic N) is 5. The molecule has 25 heavy (non-hydrogen) atoms. The van der Waals surface area contributed by atoms with Gasteiger partial charge in [0.25, 0.3) is 5.91 Å². The first-order valence-corrected chi connectivity index (χ1v) is 7.67. The first kappa shape index (κ1) is 18.5. The van der Waals surface area contributed by atoms with Gasteiger partial charge in [0.2, 0.25) is 17.7 Å². The van der Waals surface area contributed by atoms with Crippen molar-refractivity contribution in [2.45, 2.75) is 6.04 Å². The fourth-order valence-corrected chi connectivity index (χ4v) is 2.26. The highest BCUT2D eigenvalue weighted by Gasteiger charge is 2.19. The Morgan fingerprint density at radius 3 is 2.56 bits per heavy atom. The molecule has 0 saturated heterocycles. The largest absolute Gasteiger partial charge is 0.368 e. The molecule has 0 spiro atoms. The number of aromatic nitrogens is 3. The van der Waals surface area contributed by atoms with E-state index in [4.69, 9.17) is 5.73 Å². The number of anilines is 2. The number of nitrogens with two attached hydrogens (primary N) is 1. The number of likely N-dealkylation sites (N-methyl/N-ethyl adjacent to an activating group) is 1. The number of carbonyl (C=O) groups excluding carboxylic acids is 1. The topological polar surface area (TPSA) is 100 Å². The number of amides is 1. The molecular formula is C16H22FN7O. The van der Waals surface area contributed by atoms with Gasteiger partial charge >= 0.3 is 0 Å². The smallest absolute Gasteiger partial charge is 0.289 e. The van der Waals surface area contributed by atoms with Gasteiger partial charge in [-0.05, 0) is 31.8 Å². The average molecular weight is 347 g/mol. The highest BCUT2D eigenvalue weighted by atomic mass is 19.1. The van der Waals surface area contributed by atoms with Crippen molar-refractivity contribution in [1.29, 1.82) is 0 Å². The Morgan fingerprint density at radius 2 is 1.96 bits per heavy atom. The maximum atomic E-state index is 13.5. The summed E-state index contributed by atoms with van der Waals surface area (Å²) in [6.07, 6.45) is 0. The molecule has 0 aliphatic heterocycles. The lowest BCUT2D eigenvalue weighted by atomic mass is 10.1. The minimum Gasteiger partial charge on any atom is -0.368 e. The van der Waals surface area contributed by atoms with Crippen molar-refractivity contribution in [2.24, 2.45) is 0 Å². The van der Waals surface area contributed by atoms with E-state index in [0.29, 0.717) is 5.95 Å². The van der Waals surface area contributed by atoms with E-state index < -0.39 is 5.91 Å². The van der Waals surface area contributed by atoms with E-state index in [0.717, 1.165) is 5.56 Å². The molecule has 0 aliphatic carbocycles. The van der Waals surface area contributed by atoms with Crippen LogP contribution in [0.3, 0.4) is 0 Å². The van der Waals surface area contributed by atoms with E-state index in [1.54, 1.807) is 25.1 Å². The summed E-state index contributed by atoms with van der Waals surface area (Å²) in [5, 5.41) is 2.76. The lowest BCUT2D eigenvalue weighted by Crippen LogP contribution is -2.35. The molecule has 8 nitrogen and oxygen atoms in total. The summed E-state index contributed by atoms with van der Waals surface area (Å²) in [6.45, 7) is 0.262. The van der Waals surface area contributed by atoms with Gasteiger partial charge in [0.05, 0.1) is 6.04 Å². The first-order valence-electron chi connectivity index (χ1n) is 7.67. The molecule has 1 heterocycles. The maximum absolute atomic E-state index is 13.5. The number of hydrogen-bond acceptors (Lipinski definition) is 7. The van der Waals surface area contributed by atoms with Gasteiger partial charge < -0.3 is 20.9 Å². The summed E-state index contributed by atoms with van der Waals surface area (Å²) in [4.78, 5) is 27.8. The maximum Gasteiger partial charge on any atom is 0.289 e. The van der Waals surface area contributed by atoms with Crippen LogP contribution < -0.4 is 16.0 Å². The highest BCUT2D eigenvalue weighted by Crippen LogP contribution is 2.18. The van der Waals surface area contributed by atoms with Crippen molar-refractivity contribution in [3.63, 3.8) is 0 Å². The number of halogens is 1. The van der Waals surface area contributed by atoms with Crippen LogP contribution >= 0.6 is 0 Å². The van der Waals surface area contributed by atoms with Crippen LogP contribution in [0.4, 0.5) is 16.3 Å². The predicted molar refractivity (Wildman–Crippen MR) is 93.7 cm³/mol. The third kappa shape index (κ3) is 4.83. The molecule has 1 amide bonds. The van der Waals surface area contributed by atoms with Crippen LogP contribution in [0.2, 0.25) is 0 Å². The summed E-state index contributed by atoms with van der Waals surface area (Å²) < 4.78 is 13.5. The number of nitrogen functional groups attached to an aromatic ring is 1. The van der Waals surface area contributed by atoms with Gasteiger partial charge in [-0.3, -0.25) is 4.79 Å². The lowest BCUT2D eigenvalue weighted by Gasteiger charge is -2.25. The van der Waals surface area contributed by atoms with Gasteiger partial charge in [-0.2, -0.15) is 15.0 Å². The van der Waals surface area contributed by atoms with Crippen LogP contribution in [0.25, 0.3) is 0 Å². The molecule has 0 aliphatic rings. The predicted octanol–water partition coefficient (Wildman–Crippen LogP) is 0.692. The minimum absolute atomic E-state index is 0.0295. The quantitative estimate of drug-likeness (QED) is 0.793. The number of nitrogens with one attached hydrogen (secondary N) is 1. The summed E-state index contributed by atoms with van der Waals surface area (Å²) in [5.41, 5.74) is 6.39. The number of benzene rings is 1. The zero-order valence-electron chi connectivity index (χ0n) is 14.7. The van der Waals surface area contributed by atoms with E-state index >= 15 is 0 Å². The van der Waals surface area contributed by atoms with Crippen molar-refractivity contribution in [3.05, 3.63) is 41.5 Å². The summed E-state index contributed by atoms with van der Waals surface area (Å²) in [7, 11) is 7.19. The van der Waals surface area contributed by atoms with Crippen LogP contribution in [0.1, 0.15) is 22.2 Å². The minimum atomic E-state index is -0.472. The van der Waals surface area contributed by atoms with Crippen molar-refractivity contribution in [3.8, 4) is 0 Å². The Kier molecular flexibility index (Phi) is 5.81. The standard InChI is InChI=1S/C16H22FN7O/c1-23(2)12(10-6-5-7-11(17)8-10)9-19-14(25)13-20-15(18)22-16(21-13)24(3)4/h5-8,12H,9H2,1-4H3,(H,19,25)(H2,18,20,21,22). The molecule has 0 saturated carbocycles. The van der Waals surface area contributed by atoms with Gasteiger partial charge in [0, 0.05) is 20.6 Å². The zero-order chi connectivity index (χ0) is 18.6. The summed E-state index contributed by atoms with van der Waals surface area (Å²) in [5.74, 6) is -0.588. The van der Waals surface area contributed by atoms with E-state index in [-0.39, 0.29) is 30.2 Å². The number of carbonyl (C=O) groups is 1. The number of hydrogen-bond donors (Lipinski definition) is 2. The molecule has 0 radical (unpaired) electrons. The fourth-order valence-electron chi connectivity index (χ4n) is 2.26. The third-order valence-corrected chi connectivity index (χ3v) is 3.56. The average Bonchev–Trinajstić information content (AvgIpc) is 2.54. The van der Waals surface area contributed by atoms with Crippen molar-refractivity contribution >= 4 is 17.8 Å². The monoisotopic (exact) mass is 347 g/mol. The highest BCUT2D eigenvalue weighted by molar-refractivity contribution is 5.90. The molecule has 9 heteroatoms. The van der Waals surface area contributed by atoms with Crippen LogP contribution in [-0.4, -0.2) is 60.5 Å². The SMILES string of the molecule is CN(C)c1nc(N)nc(C(=O)NCC(c2cccc(F)c2)N(C)C)n1. The molecule has 1 atom stereocenters. The van der Waals surface area contributed by atoms with Gasteiger partial charge in [-0.15, -0.1) is 0 Å². The normalized spacial score (nSPS) is 12.1. The zero-order valence-corrected chi connectivity index (χ0v) is 14.7. The Bertz CT molecular complexity index is 751. The van der Waals surface area contributed by atoms with Crippen molar-refractivity contribution in [1.82, 2.24) is 25.2 Å². The summed E-state index contributed by atoms with van der Waals surface area (Å²) >= 11 is 0. The number of rotatable bonds is 6. The Balaban J connectivity index is 2.14. The Morgan fingerprint density at radius 1 is 1.24 bits per heavy atom. The third-order valence-electron chi connectivity index (χ3n) is 3.56. The second-order valence-electron chi connectivity index (χ2n) is 5.96. The van der Waals surface area contributed by atoms with E-state index in [9.17, 15) is 9.18 Å². The molecular weight excluding hydrogens is 325 g/mol. The second kappa shape index (κ2) is 7.84. The lowest BCUT2D eigenvalue weighted by molar-refractivity contribution is 0.0931. The molecule has 0 bridgehead atoms. The van der Waals surface area contributed by atoms with Crippen LogP contribution in [0, 0.1) is 5.82 Å². The first-order chi connectivity index (χ1) is 11.8. The molecule has 1 aromatic heterocycles. The van der Waals surface area contributed by atoms with Gasteiger partial charge in [-0.25, -0.2) is 4.39 Å². The molecule has 2 aromatic rings. The molecule has 0 fully saturated rings. The second-order valence-corrected chi connectivity index (χ2v) is 5.96. The summed E-state index contributed by atoms with van der Waals surface area (Å²) in [6, 6.07) is 6.07. The molecule has 134 valence electrons. The van der Waals surface area contributed by atoms with E-state index in [1.165, 1.54) is 12.1 Å². The van der Waals surface area contributed by atoms with Gasteiger partial charge in [0.15, 0.2) is 0 Å². The molecule has 2 rings (SSSR count). The van der Waals surface area contributed by atoms with Crippen molar-refractivity contribution in [2.75, 3.05) is 45.4 Å². The molecule has 3 N–H and O–H groups in total. The fraction of sp³-hybridized carbons (Fsp3) is 0.375. The van der Waals surface area contributed by atoms with Crippen molar-refractivity contribution < 1.29 is 9.18 Å². The van der Waals surface area contributed by atoms with Crippen LogP contribution in [0.15, 0.2) is 24.3 Å². The van der Waals surface area contributed by atoms with E-state index in [1.807, 2.05) is 25.1 Å². The van der Waals surface area contributed by atoms with E-state index in [2.05, 4.69) is 20.3 Å². The van der Waals surface area contributed by atoms with Crippen LogP contribution in [-0.2, 0) is 0 Å². The Hall–Kier alpha value is -2.81. The molecule has 1 aromatic carbocycles. The van der Waals surface area contributed by atoms with Gasteiger partial charge in [0.1, 0.15) is 5.82 Å². The Labute approximate surface area is 145 Å².